The lowest BCUT2D eigenvalue weighted by Crippen LogP contribution is -2.38. The van der Waals surface area contributed by atoms with Crippen LogP contribution in [0.1, 0.15) is 23.2 Å². The number of hydrogen-bond donors (Lipinski definition) is 2. The lowest BCUT2D eigenvalue weighted by molar-refractivity contribution is -0.129. The predicted octanol–water partition coefficient (Wildman–Crippen LogP) is 1.68. The van der Waals surface area contributed by atoms with E-state index in [4.69, 9.17) is 5.73 Å². The van der Waals surface area contributed by atoms with E-state index in [-0.39, 0.29) is 18.4 Å². The van der Waals surface area contributed by atoms with Gasteiger partial charge in [-0.3, -0.25) is 14.6 Å². The molecule has 24 heavy (non-hydrogen) atoms. The minimum atomic E-state index is -0.261. The van der Waals surface area contributed by atoms with Gasteiger partial charge in [-0.2, -0.15) is 0 Å². The van der Waals surface area contributed by atoms with Gasteiger partial charge in [0, 0.05) is 30.4 Å². The number of amides is 2. The Labute approximate surface area is 140 Å². The van der Waals surface area contributed by atoms with Crippen LogP contribution < -0.4 is 11.1 Å². The van der Waals surface area contributed by atoms with Gasteiger partial charge in [0.25, 0.3) is 5.91 Å². The van der Waals surface area contributed by atoms with Crippen molar-refractivity contribution in [1.82, 2.24) is 15.2 Å². The average molecular weight is 324 g/mol. The number of carbonyl (C=O) groups is 2. The summed E-state index contributed by atoms with van der Waals surface area (Å²) in [5, 5.41) is 2.68. The smallest absolute Gasteiger partial charge is 0.251 e. The summed E-state index contributed by atoms with van der Waals surface area (Å²) in [5.74, 6) is -0.290. The molecule has 0 atom stereocenters. The van der Waals surface area contributed by atoms with Gasteiger partial charge in [-0.1, -0.05) is 12.1 Å². The Morgan fingerprint density at radius 3 is 2.50 bits per heavy atom. The van der Waals surface area contributed by atoms with Crippen molar-refractivity contribution in [2.24, 2.45) is 0 Å². The maximum Gasteiger partial charge on any atom is 0.251 e. The van der Waals surface area contributed by atoms with Crippen molar-refractivity contribution in [3.63, 3.8) is 0 Å². The molecule has 0 radical (unpaired) electrons. The van der Waals surface area contributed by atoms with Gasteiger partial charge >= 0.3 is 0 Å². The quantitative estimate of drug-likeness (QED) is 0.895. The molecular formula is C18H20N4O2. The molecule has 6 nitrogen and oxygen atoms in total. The Hall–Kier alpha value is -2.89. The number of carbonyl (C=O) groups excluding carboxylic acids is 2. The lowest BCUT2D eigenvalue weighted by Gasteiger charge is -2.15. The largest absolute Gasteiger partial charge is 0.397 e. The van der Waals surface area contributed by atoms with Crippen LogP contribution >= 0.6 is 0 Å². The fraction of sp³-hybridized carbons (Fsp3) is 0.278. The van der Waals surface area contributed by atoms with E-state index >= 15 is 0 Å². The first kappa shape index (κ1) is 16.0. The Morgan fingerprint density at radius 1 is 1.12 bits per heavy atom. The SMILES string of the molecule is Nc1cccnc1-c1ccc(C(=O)NCC(=O)N2CCCC2)cc1. The average Bonchev–Trinajstić information content (AvgIpc) is 3.15. The highest BCUT2D eigenvalue weighted by atomic mass is 16.2. The Morgan fingerprint density at radius 2 is 1.83 bits per heavy atom. The van der Waals surface area contributed by atoms with Gasteiger partial charge in [0.05, 0.1) is 17.9 Å². The first-order valence-electron chi connectivity index (χ1n) is 8.02. The van der Waals surface area contributed by atoms with Gasteiger partial charge in [-0.05, 0) is 37.1 Å². The number of nitrogens with zero attached hydrogens (tertiary/aromatic N) is 2. The van der Waals surface area contributed by atoms with E-state index in [2.05, 4.69) is 10.3 Å². The van der Waals surface area contributed by atoms with Gasteiger partial charge < -0.3 is 16.0 Å². The number of aromatic nitrogens is 1. The predicted molar refractivity (Wildman–Crippen MR) is 92.2 cm³/mol. The van der Waals surface area contributed by atoms with Gasteiger partial charge in [0.2, 0.25) is 5.91 Å². The Kier molecular flexibility index (Phi) is 4.74. The van der Waals surface area contributed by atoms with E-state index in [1.165, 1.54) is 0 Å². The minimum Gasteiger partial charge on any atom is -0.397 e. The van der Waals surface area contributed by atoms with Crippen LogP contribution in [0.25, 0.3) is 11.3 Å². The topological polar surface area (TPSA) is 88.3 Å². The van der Waals surface area contributed by atoms with Crippen LogP contribution in [-0.4, -0.2) is 41.3 Å². The first-order valence-corrected chi connectivity index (χ1v) is 8.02. The van der Waals surface area contributed by atoms with Crippen molar-refractivity contribution >= 4 is 17.5 Å². The number of benzene rings is 1. The van der Waals surface area contributed by atoms with Crippen molar-refractivity contribution in [1.29, 1.82) is 0 Å². The molecular weight excluding hydrogens is 304 g/mol. The molecule has 124 valence electrons. The van der Waals surface area contributed by atoms with Crippen LogP contribution in [0.4, 0.5) is 5.69 Å². The fourth-order valence-corrected chi connectivity index (χ4v) is 2.77. The molecule has 3 rings (SSSR count). The van der Waals surface area contributed by atoms with Crippen LogP contribution in [0.2, 0.25) is 0 Å². The van der Waals surface area contributed by atoms with Crippen LogP contribution in [-0.2, 0) is 4.79 Å². The van der Waals surface area contributed by atoms with E-state index in [1.807, 2.05) is 0 Å². The Bertz CT molecular complexity index is 737. The minimum absolute atomic E-state index is 0.0290. The first-order chi connectivity index (χ1) is 11.6. The molecule has 6 heteroatoms. The summed E-state index contributed by atoms with van der Waals surface area (Å²) >= 11 is 0. The third-order valence-corrected chi connectivity index (χ3v) is 4.12. The maximum atomic E-state index is 12.2. The highest BCUT2D eigenvalue weighted by molar-refractivity contribution is 5.97. The van der Waals surface area contributed by atoms with Crippen LogP contribution in [0, 0.1) is 0 Å². The number of nitrogens with two attached hydrogens (primary N) is 1. The number of anilines is 1. The number of pyridine rings is 1. The molecule has 0 spiro atoms. The zero-order valence-corrected chi connectivity index (χ0v) is 13.4. The van der Waals surface area contributed by atoms with Crippen molar-refractivity contribution in [3.05, 3.63) is 48.2 Å². The van der Waals surface area contributed by atoms with Crippen LogP contribution in [0.3, 0.4) is 0 Å². The summed E-state index contributed by atoms with van der Waals surface area (Å²) in [6, 6.07) is 10.6. The van der Waals surface area contributed by atoms with Crippen molar-refractivity contribution < 1.29 is 9.59 Å². The van der Waals surface area contributed by atoms with E-state index in [0.717, 1.165) is 31.5 Å². The maximum absolute atomic E-state index is 12.2. The highest BCUT2D eigenvalue weighted by Crippen LogP contribution is 2.23. The standard InChI is InChI=1S/C18H20N4O2/c19-15-4-3-9-20-17(15)13-5-7-14(8-6-13)18(24)21-12-16(23)22-10-1-2-11-22/h3-9H,1-2,10-12,19H2,(H,21,24). The van der Waals surface area contributed by atoms with Crippen LogP contribution in [0.5, 0.6) is 0 Å². The second-order valence-corrected chi connectivity index (χ2v) is 5.79. The van der Waals surface area contributed by atoms with Crippen molar-refractivity contribution in [3.8, 4) is 11.3 Å². The van der Waals surface area contributed by atoms with Gasteiger partial charge in [-0.15, -0.1) is 0 Å². The second-order valence-electron chi connectivity index (χ2n) is 5.79. The molecule has 2 amide bonds. The molecule has 1 aliphatic heterocycles. The summed E-state index contributed by atoms with van der Waals surface area (Å²) in [6.45, 7) is 1.61. The van der Waals surface area contributed by atoms with Crippen LogP contribution in [0.15, 0.2) is 42.6 Å². The molecule has 1 aromatic heterocycles. The van der Waals surface area contributed by atoms with Gasteiger partial charge in [0.15, 0.2) is 0 Å². The molecule has 0 aliphatic carbocycles. The number of nitrogen functional groups attached to an aromatic ring is 1. The fourth-order valence-electron chi connectivity index (χ4n) is 2.77. The third kappa shape index (κ3) is 3.53. The number of hydrogen-bond acceptors (Lipinski definition) is 4. The molecule has 1 fully saturated rings. The normalized spacial score (nSPS) is 13.8. The monoisotopic (exact) mass is 324 g/mol. The van der Waals surface area contributed by atoms with Gasteiger partial charge in [-0.25, -0.2) is 0 Å². The van der Waals surface area contributed by atoms with E-state index in [0.29, 0.717) is 16.9 Å². The summed E-state index contributed by atoms with van der Waals surface area (Å²) in [7, 11) is 0. The number of nitrogens with one attached hydrogen (secondary N) is 1. The van der Waals surface area contributed by atoms with Crippen molar-refractivity contribution in [2.45, 2.75) is 12.8 Å². The highest BCUT2D eigenvalue weighted by Gasteiger charge is 2.18. The number of rotatable bonds is 4. The zero-order chi connectivity index (χ0) is 16.9. The molecule has 0 saturated carbocycles. The third-order valence-electron chi connectivity index (χ3n) is 4.12. The zero-order valence-electron chi connectivity index (χ0n) is 13.4. The Balaban J connectivity index is 1.61. The van der Waals surface area contributed by atoms with E-state index in [1.54, 1.807) is 47.5 Å². The molecule has 0 bridgehead atoms. The molecule has 1 aromatic carbocycles. The molecule has 1 saturated heterocycles. The number of likely N-dealkylation sites (tertiary alicyclic amines) is 1. The summed E-state index contributed by atoms with van der Waals surface area (Å²) < 4.78 is 0. The summed E-state index contributed by atoms with van der Waals surface area (Å²) in [5.41, 5.74) is 8.53. The second kappa shape index (κ2) is 7.12. The molecule has 3 N–H and O–H groups in total. The molecule has 2 heterocycles. The summed E-state index contributed by atoms with van der Waals surface area (Å²) in [6.07, 6.45) is 3.76. The van der Waals surface area contributed by atoms with E-state index in [9.17, 15) is 9.59 Å². The van der Waals surface area contributed by atoms with Crippen molar-refractivity contribution in [2.75, 3.05) is 25.4 Å². The molecule has 1 aliphatic rings. The van der Waals surface area contributed by atoms with E-state index < -0.39 is 0 Å². The lowest BCUT2D eigenvalue weighted by atomic mass is 10.1. The molecule has 2 aromatic rings. The summed E-state index contributed by atoms with van der Waals surface area (Å²) in [4.78, 5) is 30.1. The molecule has 0 unspecified atom stereocenters. The van der Waals surface area contributed by atoms with Gasteiger partial charge in [0.1, 0.15) is 0 Å².